The van der Waals surface area contributed by atoms with E-state index in [1.165, 1.54) is 6.42 Å². The van der Waals surface area contributed by atoms with Crippen LogP contribution in [0.25, 0.3) is 11.3 Å². The average Bonchev–Trinajstić information content (AvgIpc) is 2.97. The maximum Gasteiger partial charge on any atom is 0.276 e. The van der Waals surface area contributed by atoms with Crippen molar-refractivity contribution in [2.24, 2.45) is 0 Å². The summed E-state index contributed by atoms with van der Waals surface area (Å²) in [6.45, 7) is 1.60. The second kappa shape index (κ2) is 5.67. The van der Waals surface area contributed by atoms with Gasteiger partial charge >= 0.3 is 0 Å². The van der Waals surface area contributed by atoms with Crippen LogP contribution in [0.5, 0.6) is 0 Å². The fourth-order valence-electron chi connectivity index (χ4n) is 2.42. The third-order valence-corrected chi connectivity index (χ3v) is 3.84. The third-order valence-electron chi connectivity index (χ3n) is 3.51. The van der Waals surface area contributed by atoms with Crippen LogP contribution in [0.15, 0.2) is 34.9 Å². The van der Waals surface area contributed by atoms with Crippen molar-refractivity contribution in [1.29, 1.82) is 0 Å². The zero-order chi connectivity index (χ0) is 13.9. The van der Waals surface area contributed by atoms with Gasteiger partial charge in [0.05, 0.1) is 5.02 Å². The molecule has 0 spiro atoms. The van der Waals surface area contributed by atoms with Crippen molar-refractivity contribution < 1.29 is 9.32 Å². The van der Waals surface area contributed by atoms with Gasteiger partial charge in [0.15, 0.2) is 11.5 Å². The molecular formula is C15H15ClN2O2. The van der Waals surface area contributed by atoms with Gasteiger partial charge < -0.3 is 9.42 Å². The molecule has 1 fully saturated rings. The van der Waals surface area contributed by atoms with Crippen LogP contribution >= 0.6 is 11.6 Å². The molecule has 1 saturated heterocycles. The van der Waals surface area contributed by atoms with Gasteiger partial charge in [-0.05, 0) is 31.4 Å². The predicted molar refractivity (Wildman–Crippen MR) is 76.7 cm³/mol. The molecule has 0 bridgehead atoms. The minimum Gasteiger partial charge on any atom is -0.355 e. The molecule has 3 rings (SSSR count). The minimum atomic E-state index is -0.0632. The Balaban J connectivity index is 1.83. The van der Waals surface area contributed by atoms with Gasteiger partial charge in [0, 0.05) is 24.7 Å². The van der Waals surface area contributed by atoms with E-state index < -0.39 is 0 Å². The topological polar surface area (TPSA) is 46.3 Å². The highest BCUT2D eigenvalue weighted by Crippen LogP contribution is 2.28. The van der Waals surface area contributed by atoms with Crippen LogP contribution in [0.4, 0.5) is 0 Å². The smallest absolute Gasteiger partial charge is 0.276 e. The van der Waals surface area contributed by atoms with Crippen molar-refractivity contribution in [1.82, 2.24) is 10.1 Å². The van der Waals surface area contributed by atoms with Gasteiger partial charge in [-0.15, -0.1) is 0 Å². The first-order valence-electron chi connectivity index (χ1n) is 6.76. The van der Waals surface area contributed by atoms with E-state index in [-0.39, 0.29) is 5.91 Å². The number of hydrogen-bond donors (Lipinski definition) is 0. The fourth-order valence-corrected chi connectivity index (χ4v) is 2.65. The van der Waals surface area contributed by atoms with Crippen molar-refractivity contribution in [2.45, 2.75) is 19.3 Å². The molecule has 0 unspecified atom stereocenters. The molecule has 0 aliphatic carbocycles. The van der Waals surface area contributed by atoms with Crippen molar-refractivity contribution in [2.75, 3.05) is 13.1 Å². The number of amides is 1. The molecule has 4 nitrogen and oxygen atoms in total. The molecule has 5 heteroatoms. The Morgan fingerprint density at radius 2 is 1.95 bits per heavy atom. The Hall–Kier alpha value is -1.81. The molecular weight excluding hydrogens is 276 g/mol. The average molecular weight is 291 g/mol. The SMILES string of the molecule is O=C(c1cc(-c2ccccc2Cl)on1)N1CCCCC1. The van der Waals surface area contributed by atoms with Crippen LogP contribution in [0.2, 0.25) is 5.02 Å². The number of halogens is 1. The number of nitrogens with zero attached hydrogens (tertiary/aromatic N) is 2. The molecule has 20 heavy (non-hydrogen) atoms. The van der Waals surface area contributed by atoms with Crippen LogP contribution in [-0.4, -0.2) is 29.1 Å². The summed E-state index contributed by atoms with van der Waals surface area (Å²) < 4.78 is 5.26. The van der Waals surface area contributed by atoms with Gasteiger partial charge in [0.2, 0.25) is 0 Å². The number of carbonyl (C=O) groups excluding carboxylic acids is 1. The number of hydrogen-bond acceptors (Lipinski definition) is 3. The van der Waals surface area contributed by atoms with E-state index in [2.05, 4.69) is 5.16 Å². The number of rotatable bonds is 2. The molecule has 0 radical (unpaired) electrons. The first-order chi connectivity index (χ1) is 9.75. The highest BCUT2D eigenvalue weighted by Gasteiger charge is 2.22. The Labute approximate surface area is 122 Å². The number of likely N-dealkylation sites (tertiary alicyclic amines) is 1. The summed E-state index contributed by atoms with van der Waals surface area (Å²) in [7, 11) is 0. The lowest BCUT2D eigenvalue weighted by molar-refractivity contribution is 0.0714. The minimum absolute atomic E-state index is 0.0632. The zero-order valence-corrected chi connectivity index (χ0v) is 11.8. The number of carbonyl (C=O) groups is 1. The first-order valence-corrected chi connectivity index (χ1v) is 7.14. The standard InChI is InChI=1S/C15H15ClN2O2/c16-12-7-3-2-6-11(12)14-10-13(17-20-14)15(19)18-8-4-1-5-9-18/h2-3,6-7,10H,1,4-5,8-9H2. The second-order valence-electron chi connectivity index (χ2n) is 4.91. The van der Waals surface area contributed by atoms with Gasteiger partial charge in [-0.2, -0.15) is 0 Å². The quantitative estimate of drug-likeness (QED) is 0.848. The lowest BCUT2D eigenvalue weighted by Gasteiger charge is -2.25. The number of aromatic nitrogens is 1. The number of piperidine rings is 1. The highest BCUT2D eigenvalue weighted by molar-refractivity contribution is 6.33. The molecule has 1 aliphatic rings. The first kappa shape index (κ1) is 13.2. The van der Waals surface area contributed by atoms with Crippen LogP contribution in [0.3, 0.4) is 0 Å². The van der Waals surface area contributed by atoms with E-state index in [0.29, 0.717) is 16.5 Å². The second-order valence-corrected chi connectivity index (χ2v) is 5.32. The van der Waals surface area contributed by atoms with Crippen molar-refractivity contribution in [3.63, 3.8) is 0 Å². The van der Waals surface area contributed by atoms with Crippen LogP contribution < -0.4 is 0 Å². The number of benzene rings is 1. The highest BCUT2D eigenvalue weighted by atomic mass is 35.5. The lowest BCUT2D eigenvalue weighted by Crippen LogP contribution is -2.35. The van der Waals surface area contributed by atoms with Crippen LogP contribution in [0, 0.1) is 0 Å². The van der Waals surface area contributed by atoms with E-state index in [9.17, 15) is 4.79 Å². The Kier molecular flexibility index (Phi) is 3.74. The molecule has 1 aliphatic heterocycles. The Morgan fingerprint density at radius 3 is 2.70 bits per heavy atom. The third kappa shape index (κ3) is 2.56. The summed E-state index contributed by atoms with van der Waals surface area (Å²) in [5.74, 6) is 0.461. The van der Waals surface area contributed by atoms with E-state index in [4.69, 9.17) is 16.1 Å². The largest absolute Gasteiger partial charge is 0.355 e. The molecule has 2 aromatic rings. The molecule has 1 aromatic carbocycles. The maximum absolute atomic E-state index is 12.3. The molecule has 1 aromatic heterocycles. The van der Waals surface area contributed by atoms with Crippen LogP contribution in [-0.2, 0) is 0 Å². The van der Waals surface area contributed by atoms with Gasteiger partial charge in [-0.3, -0.25) is 4.79 Å². The van der Waals surface area contributed by atoms with Gasteiger partial charge in [-0.25, -0.2) is 0 Å². The summed E-state index contributed by atoms with van der Waals surface area (Å²) in [6, 6.07) is 9.01. The van der Waals surface area contributed by atoms with E-state index >= 15 is 0 Å². The summed E-state index contributed by atoms with van der Waals surface area (Å²) in [6.07, 6.45) is 3.30. The molecule has 1 amide bonds. The summed E-state index contributed by atoms with van der Waals surface area (Å²) in [5.41, 5.74) is 1.10. The molecule has 2 heterocycles. The Bertz CT molecular complexity index is 618. The Morgan fingerprint density at radius 1 is 1.20 bits per heavy atom. The normalized spacial score (nSPS) is 15.3. The summed E-state index contributed by atoms with van der Waals surface area (Å²) in [5, 5.41) is 4.47. The van der Waals surface area contributed by atoms with E-state index in [1.807, 2.05) is 23.1 Å². The molecule has 0 atom stereocenters. The van der Waals surface area contributed by atoms with Gasteiger partial charge in [-0.1, -0.05) is 28.9 Å². The summed E-state index contributed by atoms with van der Waals surface area (Å²) in [4.78, 5) is 14.1. The van der Waals surface area contributed by atoms with Crippen molar-refractivity contribution >= 4 is 17.5 Å². The van der Waals surface area contributed by atoms with Crippen LogP contribution in [0.1, 0.15) is 29.8 Å². The summed E-state index contributed by atoms with van der Waals surface area (Å²) >= 11 is 6.11. The van der Waals surface area contributed by atoms with Crippen molar-refractivity contribution in [3.05, 3.63) is 41.0 Å². The van der Waals surface area contributed by atoms with Gasteiger partial charge in [0.25, 0.3) is 5.91 Å². The predicted octanol–water partition coefficient (Wildman–Crippen LogP) is 3.62. The van der Waals surface area contributed by atoms with Gasteiger partial charge in [0.1, 0.15) is 0 Å². The fraction of sp³-hybridized carbons (Fsp3) is 0.333. The monoisotopic (exact) mass is 290 g/mol. The molecule has 0 saturated carbocycles. The molecule has 0 N–H and O–H groups in total. The van der Waals surface area contributed by atoms with Crippen molar-refractivity contribution in [3.8, 4) is 11.3 Å². The maximum atomic E-state index is 12.3. The zero-order valence-electron chi connectivity index (χ0n) is 11.0. The van der Waals surface area contributed by atoms with E-state index in [1.54, 1.807) is 12.1 Å². The lowest BCUT2D eigenvalue weighted by atomic mass is 10.1. The van der Waals surface area contributed by atoms with E-state index in [0.717, 1.165) is 31.5 Å². The molecule has 104 valence electrons.